The molecule has 0 heterocycles. The van der Waals surface area contributed by atoms with Gasteiger partial charge in [-0.2, -0.15) is 0 Å². The van der Waals surface area contributed by atoms with E-state index in [0.717, 1.165) is 5.56 Å². The summed E-state index contributed by atoms with van der Waals surface area (Å²) in [4.78, 5) is 10.7. The van der Waals surface area contributed by atoms with E-state index < -0.39 is 11.8 Å². The van der Waals surface area contributed by atoms with Gasteiger partial charge in [-0.1, -0.05) is 31.2 Å². The van der Waals surface area contributed by atoms with Gasteiger partial charge in [0, 0.05) is 0 Å². The second kappa shape index (κ2) is 8.17. The van der Waals surface area contributed by atoms with Gasteiger partial charge in [-0.3, -0.25) is 4.79 Å². The molecule has 0 aliphatic rings. The standard InChI is InChI=1S/C18H19FO4/c1-13(12-18(20)21)14-6-8-15(9-7-14)22-10-11-23-17-5-3-2-4-16(17)19/h2-9,13H,10-12H2,1H3,(H,20,21). The molecule has 4 nitrogen and oxygen atoms in total. The SMILES string of the molecule is CC(CC(=O)O)c1ccc(OCCOc2ccccc2F)cc1. The van der Waals surface area contributed by atoms with Crippen molar-refractivity contribution >= 4 is 5.97 Å². The third-order valence-corrected chi connectivity index (χ3v) is 3.38. The summed E-state index contributed by atoms with van der Waals surface area (Å²) in [7, 11) is 0. The van der Waals surface area contributed by atoms with Gasteiger partial charge in [0.2, 0.25) is 0 Å². The highest BCUT2D eigenvalue weighted by atomic mass is 19.1. The highest BCUT2D eigenvalue weighted by Crippen LogP contribution is 2.22. The maximum atomic E-state index is 13.3. The van der Waals surface area contributed by atoms with Crippen LogP contribution in [-0.2, 0) is 4.79 Å². The van der Waals surface area contributed by atoms with E-state index in [4.69, 9.17) is 14.6 Å². The minimum absolute atomic E-state index is 0.0501. The maximum absolute atomic E-state index is 13.3. The van der Waals surface area contributed by atoms with Crippen molar-refractivity contribution in [2.45, 2.75) is 19.3 Å². The van der Waals surface area contributed by atoms with E-state index in [9.17, 15) is 9.18 Å². The smallest absolute Gasteiger partial charge is 0.303 e. The first kappa shape index (κ1) is 16.8. The van der Waals surface area contributed by atoms with Crippen LogP contribution in [0, 0.1) is 5.82 Å². The van der Waals surface area contributed by atoms with Crippen molar-refractivity contribution in [1.82, 2.24) is 0 Å². The molecule has 0 saturated carbocycles. The van der Waals surface area contributed by atoms with Crippen LogP contribution >= 0.6 is 0 Å². The average molecular weight is 318 g/mol. The van der Waals surface area contributed by atoms with E-state index in [1.165, 1.54) is 6.07 Å². The van der Waals surface area contributed by atoms with Crippen LogP contribution < -0.4 is 9.47 Å². The third-order valence-electron chi connectivity index (χ3n) is 3.38. The molecular weight excluding hydrogens is 299 g/mol. The summed E-state index contributed by atoms with van der Waals surface area (Å²) in [5.41, 5.74) is 0.947. The molecule has 1 unspecified atom stereocenters. The number of hydrogen-bond donors (Lipinski definition) is 1. The molecule has 0 aliphatic carbocycles. The van der Waals surface area contributed by atoms with Crippen LogP contribution in [0.3, 0.4) is 0 Å². The van der Waals surface area contributed by atoms with Crippen molar-refractivity contribution in [3.05, 3.63) is 59.9 Å². The van der Waals surface area contributed by atoms with Crippen LogP contribution in [0.25, 0.3) is 0 Å². The monoisotopic (exact) mass is 318 g/mol. The molecular formula is C18H19FO4. The molecule has 2 aromatic rings. The van der Waals surface area contributed by atoms with Crippen LogP contribution in [0.4, 0.5) is 4.39 Å². The van der Waals surface area contributed by atoms with Crippen molar-refractivity contribution in [3.63, 3.8) is 0 Å². The molecule has 1 N–H and O–H groups in total. The molecule has 2 rings (SSSR count). The molecule has 0 spiro atoms. The van der Waals surface area contributed by atoms with Crippen molar-refractivity contribution in [2.75, 3.05) is 13.2 Å². The number of carboxylic acid groups (broad SMARTS) is 1. The predicted octanol–water partition coefficient (Wildman–Crippen LogP) is 3.86. The zero-order chi connectivity index (χ0) is 16.7. The molecule has 23 heavy (non-hydrogen) atoms. The van der Waals surface area contributed by atoms with Gasteiger partial charge >= 0.3 is 5.97 Å². The molecule has 122 valence electrons. The van der Waals surface area contributed by atoms with E-state index in [-0.39, 0.29) is 24.7 Å². The first-order chi connectivity index (χ1) is 11.1. The Labute approximate surface area is 134 Å². The van der Waals surface area contributed by atoms with Crippen LogP contribution in [0.15, 0.2) is 48.5 Å². The Bertz CT molecular complexity index is 640. The number of aliphatic carboxylic acids is 1. The van der Waals surface area contributed by atoms with Crippen LogP contribution in [0.2, 0.25) is 0 Å². The lowest BCUT2D eigenvalue weighted by molar-refractivity contribution is -0.137. The van der Waals surface area contributed by atoms with E-state index >= 15 is 0 Å². The lowest BCUT2D eigenvalue weighted by Crippen LogP contribution is -2.09. The summed E-state index contributed by atoms with van der Waals surface area (Å²) in [5, 5.41) is 8.79. The van der Waals surface area contributed by atoms with Gasteiger partial charge in [-0.25, -0.2) is 4.39 Å². The molecule has 0 aliphatic heterocycles. The van der Waals surface area contributed by atoms with Crippen LogP contribution in [0.5, 0.6) is 11.5 Å². The number of halogens is 1. The molecule has 0 aromatic heterocycles. The number of benzene rings is 2. The number of para-hydroxylation sites is 1. The van der Waals surface area contributed by atoms with Gasteiger partial charge in [0.25, 0.3) is 0 Å². The van der Waals surface area contributed by atoms with E-state index in [1.54, 1.807) is 30.3 Å². The Balaban J connectivity index is 1.78. The van der Waals surface area contributed by atoms with Gasteiger partial charge in [0.05, 0.1) is 6.42 Å². The van der Waals surface area contributed by atoms with Crippen molar-refractivity contribution in [3.8, 4) is 11.5 Å². The highest BCUT2D eigenvalue weighted by Gasteiger charge is 2.10. The molecule has 0 saturated heterocycles. The lowest BCUT2D eigenvalue weighted by atomic mass is 9.98. The third kappa shape index (κ3) is 5.29. The second-order valence-corrected chi connectivity index (χ2v) is 5.20. The Morgan fingerprint density at radius 3 is 2.39 bits per heavy atom. The molecule has 1 atom stereocenters. The van der Waals surface area contributed by atoms with Crippen molar-refractivity contribution in [2.24, 2.45) is 0 Å². The zero-order valence-electron chi connectivity index (χ0n) is 12.9. The number of rotatable bonds is 8. The molecule has 0 fully saturated rings. The quantitative estimate of drug-likeness (QED) is 0.751. The van der Waals surface area contributed by atoms with Gasteiger partial charge in [-0.15, -0.1) is 0 Å². The Morgan fingerprint density at radius 2 is 1.74 bits per heavy atom. The molecule has 0 amide bonds. The fourth-order valence-corrected chi connectivity index (χ4v) is 2.15. The van der Waals surface area contributed by atoms with Crippen molar-refractivity contribution < 1.29 is 23.8 Å². The van der Waals surface area contributed by atoms with Crippen LogP contribution in [-0.4, -0.2) is 24.3 Å². The second-order valence-electron chi connectivity index (χ2n) is 5.20. The summed E-state index contributed by atoms with van der Waals surface area (Å²) in [6.45, 7) is 2.39. The van der Waals surface area contributed by atoms with Gasteiger partial charge in [-0.05, 0) is 35.7 Å². The summed E-state index contributed by atoms with van der Waals surface area (Å²) in [5.74, 6) is -0.402. The summed E-state index contributed by atoms with van der Waals surface area (Å²) < 4.78 is 24.2. The van der Waals surface area contributed by atoms with E-state index in [0.29, 0.717) is 12.4 Å². The number of hydrogen-bond acceptors (Lipinski definition) is 3. The summed E-state index contributed by atoms with van der Waals surface area (Å²) in [6.07, 6.45) is 0.0939. The molecule has 5 heteroatoms. The van der Waals surface area contributed by atoms with Gasteiger partial charge < -0.3 is 14.6 Å². The fourth-order valence-electron chi connectivity index (χ4n) is 2.15. The predicted molar refractivity (Wildman–Crippen MR) is 84.5 cm³/mol. The van der Waals surface area contributed by atoms with Gasteiger partial charge in [0.15, 0.2) is 11.6 Å². The number of carboxylic acids is 1. The first-order valence-corrected chi connectivity index (χ1v) is 7.38. The maximum Gasteiger partial charge on any atom is 0.303 e. The van der Waals surface area contributed by atoms with Crippen molar-refractivity contribution in [1.29, 1.82) is 0 Å². The lowest BCUT2D eigenvalue weighted by Gasteiger charge is -2.11. The largest absolute Gasteiger partial charge is 0.490 e. The zero-order valence-corrected chi connectivity index (χ0v) is 12.9. The normalized spacial score (nSPS) is 11.7. The minimum atomic E-state index is -0.817. The molecule has 0 radical (unpaired) electrons. The van der Waals surface area contributed by atoms with E-state index in [1.807, 2.05) is 19.1 Å². The Morgan fingerprint density at radius 1 is 1.09 bits per heavy atom. The topological polar surface area (TPSA) is 55.8 Å². The number of carbonyl (C=O) groups is 1. The minimum Gasteiger partial charge on any atom is -0.490 e. The van der Waals surface area contributed by atoms with Crippen LogP contribution in [0.1, 0.15) is 24.8 Å². The average Bonchev–Trinajstić information content (AvgIpc) is 2.53. The summed E-state index contributed by atoms with van der Waals surface area (Å²) in [6, 6.07) is 13.5. The highest BCUT2D eigenvalue weighted by molar-refractivity contribution is 5.67. The van der Waals surface area contributed by atoms with Gasteiger partial charge in [0.1, 0.15) is 19.0 Å². The molecule has 0 bridgehead atoms. The Kier molecular flexibility index (Phi) is 5.97. The number of ether oxygens (including phenoxy) is 2. The Hall–Kier alpha value is -2.56. The van der Waals surface area contributed by atoms with E-state index in [2.05, 4.69) is 0 Å². The first-order valence-electron chi connectivity index (χ1n) is 7.38. The fraction of sp³-hybridized carbons (Fsp3) is 0.278. The molecule has 2 aromatic carbocycles. The summed E-state index contributed by atoms with van der Waals surface area (Å²) >= 11 is 0.